The Kier molecular flexibility index (Phi) is 4.59. The highest BCUT2D eigenvalue weighted by atomic mass is 14.6. The quantitative estimate of drug-likeness (QED) is 0.343. The molecule has 0 aliphatic heterocycles. The van der Waals surface area contributed by atoms with Crippen LogP contribution in [0.1, 0.15) is 47.2 Å². The fourth-order valence-corrected chi connectivity index (χ4v) is 5.31. The molecule has 2 nitrogen and oxygen atoms in total. The number of hydrogen-bond donors (Lipinski definition) is 2. The van der Waals surface area contributed by atoms with Crippen LogP contribution in [0.4, 0.5) is 11.4 Å². The van der Waals surface area contributed by atoms with Crippen LogP contribution < -0.4 is 11.5 Å². The van der Waals surface area contributed by atoms with Crippen molar-refractivity contribution >= 4 is 11.4 Å². The largest absolute Gasteiger partial charge is 0.399 e. The average molecular weight is 405 g/mol. The molecule has 31 heavy (non-hydrogen) atoms. The van der Waals surface area contributed by atoms with Crippen LogP contribution in [-0.4, -0.2) is 0 Å². The number of benzene rings is 4. The molecule has 4 aromatic carbocycles. The number of nitrogen functional groups attached to an aromatic ring is 2. The molecule has 2 heteroatoms. The van der Waals surface area contributed by atoms with Crippen molar-refractivity contribution < 1.29 is 0 Å². The molecule has 0 amide bonds. The number of fused-ring (bicyclic) bond motifs is 3. The van der Waals surface area contributed by atoms with Gasteiger partial charge in [0.2, 0.25) is 0 Å². The molecule has 0 saturated carbocycles. The third-order valence-electron chi connectivity index (χ3n) is 6.87. The van der Waals surface area contributed by atoms with Crippen LogP contribution in [0.25, 0.3) is 11.1 Å². The van der Waals surface area contributed by atoms with E-state index >= 15 is 0 Å². The molecule has 0 spiro atoms. The fourth-order valence-electron chi connectivity index (χ4n) is 5.31. The molecule has 4 N–H and O–H groups in total. The summed E-state index contributed by atoms with van der Waals surface area (Å²) in [7, 11) is 0. The smallest absolute Gasteiger partial charge is 0.0713 e. The summed E-state index contributed by atoms with van der Waals surface area (Å²) in [6, 6.07) is 30.7. The molecule has 5 rings (SSSR count). The second-order valence-corrected chi connectivity index (χ2v) is 8.38. The van der Waals surface area contributed by atoms with Gasteiger partial charge in [-0.2, -0.15) is 0 Å². The minimum absolute atomic E-state index is 0.400. The SMILES string of the molecule is CCc1cc(C2(c3ccc(N)c(CC)c3)c3ccccc3-c3ccccc32)ccc1N. The highest BCUT2D eigenvalue weighted by Crippen LogP contribution is 2.56. The zero-order valence-corrected chi connectivity index (χ0v) is 18.2. The van der Waals surface area contributed by atoms with E-state index in [1.165, 1.54) is 44.5 Å². The zero-order chi connectivity index (χ0) is 21.6. The van der Waals surface area contributed by atoms with Crippen LogP contribution >= 0.6 is 0 Å². The summed E-state index contributed by atoms with van der Waals surface area (Å²) < 4.78 is 0. The molecule has 0 radical (unpaired) electrons. The number of aryl methyl sites for hydroxylation is 2. The molecule has 0 unspecified atom stereocenters. The lowest BCUT2D eigenvalue weighted by Crippen LogP contribution is -2.29. The standard InChI is InChI=1S/C29H28N2/c1-3-19-17-21(13-15-27(19)30)29(22-14-16-28(31)20(4-2)18-22)25-11-7-5-9-23(25)24-10-6-8-12-26(24)29/h5-18H,3-4,30-31H2,1-2H3. The van der Waals surface area contributed by atoms with Gasteiger partial charge in [0.25, 0.3) is 0 Å². The normalized spacial score (nSPS) is 13.6. The van der Waals surface area contributed by atoms with Crippen LogP contribution in [0, 0.1) is 0 Å². The first-order valence-corrected chi connectivity index (χ1v) is 11.1. The Balaban J connectivity index is 1.95. The van der Waals surface area contributed by atoms with E-state index in [1.54, 1.807) is 0 Å². The maximum absolute atomic E-state index is 6.32. The Morgan fingerprint density at radius 1 is 0.581 bits per heavy atom. The van der Waals surface area contributed by atoms with Crippen molar-refractivity contribution in [3.05, 3.63) is 118 Å². The molecule has 0 heterocycles. The van der Waals surface area contributed by atoms with E-state index in [4.69, 9.17) is 11.5 Å². The Bertz CT molecular complexity index is 1180. The molecule has 1 aliphatic carbocycles. The lowest BCUT2D eigenvalue weighted by atomic mass is 9.67. The van der Waals surface area contributed by atoms with Gasteiger partial charge in [-0.15, -0.1) is 0 Å². The highest BCUT2D eigenvalue weighted by Gasteiger charge is 2.46. The van der Waals surface area contributed by atoms with Crippen LogP contribution in [-0.2, 0) is 18.3 Å². The Morgan fingerprint density at radius 3 is 1.42 bits per heavy atom. The van der Waals surface area contributed by atoms with E-state index < -0.39 is 5.41 Å². The molecular formula is C29H28N2. The molecule has 0 aromatic heterocycles. The van der Waals surface area contributed by atoms with Crippen molar-refractivity contribution in [1.82, 2.24) is 0 Å². The van der Waals surface area contributed by atoms with Gasteiger partial charge in [-0.3, -0.25) is 0 Å². The van der Waals surface area contributed by atoms with E-state index in [-0.39, 0.29) is 0 Å². The first-order chi connectivity index (χ1) is 15.1. The molecule has 4 aromatic rings. The van der Waals surface area contributed by atoms with Gasteiger partial charge in [0.1, 0.15) is 0 Å². The van der Waals surface area contributed by atoms with Crippen molar-refractivity contribution in [3.63, 3.8) is 0 Å². The summed E-state index contributed by atoms with van der Waals surface area (Å²) >= 11 is 0. The second kappa shape index (κ2) is 7.31. The predicted octanol–water partition coefficient (Wildman–Crippen LogP) is 6.34. The number of rotatable bonds is 4. The second-order valence-electron chi connectivity index (χ2n) is 8.38. The summed E-state index contributed by atoms with van der Waals surface area (Å²) in [6.45, 7) is 4.33. The monoisotopic (exact) mass is 404 g/mol. The Morgan fingerprint density at radius 2 is 1.00 bits per heavy atom. The van der Waals surface area contributed by atoms with Gasteiger partial charge in [0, 0.05) is 11.4 Å². The molecule has 0 atom stereocenters. The van der Waals surface area contributed by atoms with Gasteiger partial charge in [0.15, 0.2) is 0 Å². The predicted molar refractivity (Wildman–Crippen MR) is 131 cm³/mol. The zero-order valence-electron chi connectivity index (χ0n) is 18.2. The van der Waals surface area contributed by atoms with Gasteiger partial charge in [-0.1, -0.05) is 86.6 Å². The summed E-state index contributed by atoms with van der Waals surface area (Å²) in [5.74, 6) is 0. The lowest BCUT2D eigenvalue weighted by molar-refractivity contribution is 0.764. The first kappa shape index (κ1) is 19.4. The van der Waals surface area contributed by atoms with Gasteiger partial charge >= 0.3 is 0 Å². The van der Waals surface area contributed by atoms with Gasteiger partial charge in [-0.25, -0.2) is 0 Å². The third kappa shape index (κ3) is 2.71. The summed E-state index contributed by atoms with van der Waals surface area (Å²) in [5.41, 5.74) is 24.0. The molecule has 1 aliphatic rings. The molecule has 0 bridgehead atoms. The fraction of sp³-hybridized carbons (Fsp3) is 0.172. The van der Waals surface area contributed by atoms with Crippen molar-refractivity contribution in [3.8, 4) is 11.1 Å². The highest BCUT2D eigenvalue weighted by molar-refractivity contribution is 5.86. The summed E-state index contributed by atoms with van der Waals surface area (Å²) in [5, 5.41) is 0. The van der Waals surface area contributed by atoms with E-state index in [1.807, 2.05) is 0 Å². The van der Waals surface area contributed by atoms with Crippen LogP contribution in [0.3, 0.4) is 0 Å². The summed E-state index contributed by atoms with van der Waals surface area (Å²) in [6.07, 6.45) is 1.81. The lowest BCUT2D eigenvalue weighted by Gasteiger charge is -2.35. The number of hydrogen-bond acceptors (Lipinski definition) is 2. The summed E-state index contributed by atoms with van der Waals surface area (Å²) in [4.78, 5) is 0. The number of anilines is 2. The topological polar surface area (TPSA) is 52.0 Å². The molecule has 0 saturated heterocycles. The van der Waals surface area contributed by atoms with Gasteiger partial charge in [-0.05, 0) is 69.5 Å². The maximum Gasteiger partial charge on any atom is 0.0713 e. The van der Waals surface area contributed by atoms with Gasteiger partial charge < -0.3 is 11.5 Å². The first-order valence-electron chi connectivity index (χ1n) is 11.1. The Hall–Kier alpha value is -3.52. The van der Waals surface area contributed by atoms with E-state index in [0.717, 1.165) is 24.2 Å². The van der Waals surface area contributed by atoms with E-state index in [2.05, 4.69) is 98.8 Å². The van der Waals surface area contributed by atoms with E-state index in [0.29, 0.717) is 0 Å². The minimum atomic E-state index is -0.400. The Labute approximate surface area is 184 Å². The van der Waals surface area contributed by atoms with Crippen molar-refractivity contribution in [2.75, 3.05) is 11.5 Å². The van der Waals surface area contributed by atoms with Crippen LogP contribution in [0.15, 0.2) is 84.9 Å². The molecular weight excluding hydrogens is 376 g/mol. The van der Waals surface area contributed by atoms with Crippen LogP contribution in [0.5, 0.6) is 0 Å². The van der Waals surface area contributed by atoms with Gasteiger partial charge in [0.05, 0.1) is 5.41 Å². The van der Waals surface area contributed by atoms with Crippen molar-refractivity contribution in [1.29, 1.82) is 0 Å². The van der Waals surface area contributed by atoms with Crippen LogP contribution in [0.2, 0.25) is 0 Å². The average Bonchev–Trinajstić information content (AvgIpc) is 3.11. The molecule has 0 fully saturated rings. The minimum Gasteiger partial charge on any atom is -0.399 e. The molecule has 154 valence electrons. The third-order valence-corrected chi connectivity index (χ3v) is 6.87. The maximum atomic E-state index is 6.32. The van der Waals surface area contributed by atoms with Crippen molar-refractivity contribution in [2.24, 2.45) is 0 Å². The van der Waals surface area contributed by atoms with Crippen molar-refractivity contribution in [2.45, 2.75) is 32.1 Å². The number of nitrogens with two attached hydrogens (primary N) is 2. The van der Waals surface area contributed by atoms with E-state index in [9.17, 15) is 0 Å².